The lowest BCUT2D eigenvalue weighted by Gasteiger charge is -2.14. The van der Waals surface area contributed by atoms with E-state index in [4.69, 9.17) is 15.0 Å². The first-order chi connectivity index (χ1) is 13.2. The number of hydrogen-bond donors (Lipinski definition) is 0. The number of ether oxygens (including phenoxy) is 1. The van der Waals surface area contributed by atoms with Gasteiger partial charge in [-0.05, 0) is 36.2 Å². The lowest BCUT2D eigenvalue weighted by molar-refractivity contribution is 0.421. The van der Waals surface area contributed by atoms with Gasteiger partial charge < -0.3 is 4.74 Å². The van der Waals surface area contributed by atoms with E-state index in [9.17, 15) is 0 Å². The summed E-state index contributed by atoms with van der Waals surface area (Å²) >= 11 is 0. The van der Waals surface area contributed by atoms with Gasteiger partial charge in [0.25, 0.3) is 0 Å². The van der Waals surface area contributed by atoms with Crippen molar-refractivity contribution in [1.82, 2.24) is 4.98 Å². The summed E-state index contributed by atoms with van der Waals surface area (Å²) < 4.78 is 5.79. The molecule has 27 heavy (non-hydrogen) atoms. The minimum Gasteiger partial charge on any atom is -0.495 e. The molecule has 0 atom stereocenters. The number of para-hydroxylation sites is 1. The maximum Gasteiger partial charge on any atom is 0.137 e. The van der Waals surface area contributed by atoms with Crippen LogP contribution in [0.1, 0.15) is 11.1 Å². The van der Waals surface area contributed by atoms with E-state index < -0.39 is 0 Å². The third-order valence-corrected chi connectivity index (χ3v) is 4.74. The number of nitriles is 1. The molecular weight excluding hydrogens is 332 g/mol. The van der Waals surface area contributed by atoms with Crippen molar-refractivity contribution in [2.24, 2.45) is 0 Å². The minimum atomic E-state index is 0.645. The molecule has 1 aromatic heterocycles. The zero-order valence-electron chi connectivity index (χ0n) is 15.2. The van der Waals surface area contributed by atoms with E-state index in [0.717, 1.165) is 38.9 Å². The van der Waals surface area contributed by atoms with Crippen LogP contribution in [0.2, 0.25) is 0 Å². The Hall–Kier alpha value is -3.64. The predicted octanol–water partition coefficient (Wildman–Crippen LogP) is 5.76. The summed E-state index contributed by atoms with van der Waals surface area (Å²) in [5.41, 5.74) is 6.84. The van der Waals surface area contributed by atoms with Gasteiger partial charge in [-0.15, -0.1) is 0 Å². The van der Waals surface area contributed by atoms with E-state index in [-0.39, 0.29) is 0 Å². The first-order valence-electron chi connectivity index (χ1n) is 8.74. The van der Waals surface area contributed by atoms with Gasteiger partial charge in [-0.1, -0.05) is 54.1 Å². The van der Waals surface area contributed by atoms with Crippen LogP contribution in [0.25, 0.3) is 33.2 Å². The molecule has 0 N–H and O–H groups in total. The first kappa shape index (κ1) is 16.8. The molecule has 3 nitrogen and oxygen atoms in total. The second-order valence-corrected chi connectivity index (χ2v) is 6.46. The molecule has 3 heteroatoms. The number of benzene rings is 3. The fourth-order valence-corrected chi connectivity index (χ4v) is 3.31. The summed E-state index contributed by atoms with van der Waals surface area (Å²) in [5.74, 6) is 0.819. The highest BCUT2D eigenvalue weighted by molar-refractivity contribution is 6.00. The van der Waals surface area contributed by atoms with Gasteiger partial charge in [0.2, 0.25) is 0 Å². The molecule has 4 aromatic rings. The van der Waals surface area contributed by atoms with Crippen LogP contribution >= 0.6 is 0 Å². The molecule has 0 aliphatic heterocycles. The van der Waals surface area contributed by atoms with Crippen molar-refractivity contribution in [3.8, 4) is 34.1 Å². The van der Waals surface area contributed by atoms with Gasteiger partial charge in [0.15, 0.2) is 0 Å². The van der Waals surface area contributed by atoms with Crippen molar-refractivity contribution >= 4 is 10.9 Å². The van der Waals surface area contributed by atoms with Crippen LogP contribution in [0, 0.1) is 18.3 Å². The van der Waals surface area contributed by atoms with Gasteiger partial charge in [0, 0.05) is 22.7 Å². The van der Waals surface area contributed by atoms with Gasteiger partial charge in [-0.3, -0.25) is 4.98 Å². The standard InChI is InChI=1S/C24H18N2O/c1-16-6-10-19(11-7-16)22-15-26-23-20(4-3-5-21(23)24(22)27-2)18-12-8-17(14-25)9-13-18/h3-13,15H,1-2H3. The Morgan fingerprint density at radius 1 is 0.852 bits per heavy atom. The smallest absolute Gasteiger partial charge is 0.137 e. The Balaban J connectivity index is 1.92. The van der Waals surface area contributed by atoms with Crippen molar-refractivity contribution in [1.29, 1.82) is 5.26 Å². The highest BCUT2D eigenvalue weighted by atomic mass is 16.5. The number of methoxy groups -OCH3 is 1. The molecule has 0 bridgehead atoms. The fourth-order valence-electron chi connectivity index (χ4n) is 3.31. The molecule has 0 radical (unpaired) electrons. The summed E-state index contributed by atoms with van der Waals surface area (Å²) in [7, 11) is 1.70. The highest BCUT2D eigenvalue weighted by Gasteiger charge is 2.14. The number of rotatable bonds is 3. The molecule has 0 unspecified atom stereocenters. The third-order valence-electron chi connectivity index (χ3n) is 4.74. The zero-order valence-corrected chi connectivity index (χ0v) is 15.2. The molecule has 0 saturated heterocycles. The van der Waals surface area contributed by atoms with Crippen molar-refractivity contribution in [2.45, 2.75) is 6.92 Å². The molecule has 4 rings (SSSR count). The van der Waals surface area contributed by atoms with E-state index >= 15 is 0 Å². The number of fused-ring (bicyclic) bond motifs is 1. The summed E-state index contributed by atoms with van der Waals surface area (Å²) in [6.45, 7) is 2.07. The second-order valence-electron chi connectivity index (χ2n) is 6.46. The Bertz CT molecular complexity index is 1150. The van der Waals surface area contributed by atoms with Crippen molar-refractivity contribution in [3.63, 3.8) is 0 Å². The number of aryl methyl sites for hydroxylation is 1. The topological polar surface area (TPSA) is 45.9 Å². The number of aromatic nitrogens is 1. The molecule has 0 aliphatic rings. The van der Waals surface area contributed by atoms with Gasteiger partial charge >= 0.3 is 0 Å². The zero-order chi connectivity index (χ0) is 18.8. The Morgan fingerprint density at radius 2 is 1.52 bits per heavy atom. The van der Waals surface area contributed by atoms with Gasteiger partial charge in [-0.2, -0.15) is 5.26 Å². The average Bonchev–Trinajstić information content (AvgIpc) is 2.73. The maximum atomic E-state index is 9.02. The molecule has 0 aliphatic carbocycles. The predicted molar refractivity (Wildman–Crippen MR) is 109 cm³/mol. The van der Waals surface area contributed by atoms with Crippen LogP contribution in [0.15, 0.2) is 72.9 Å². The quantitative estimate of drug-likeness (QED) is 0.472. The van der Waals surface area contributed by atoms with Crippen LogP contribution in [-0.4, -0.2) is 12.1 Å². The Labute approximate surface area is 158 Å². The molecule has 0 spiro atoms. The number of nitrogens with zero attached hydrogens (tertiary/aromatic N) is 2. The van der Waals surface area contributed by atoms with E-state index in [1.54, 1.807) is 7.11 Å². The Morgan fingerprint density at radius 3 is 2.19 bits per heavy atom. The van der Waals surface area contributed by atoms with Crippen LogP contribution in [0.4, 0.5) is 0 Å². The van der Waals surface area contributed by atoms with Gasteiger partial charge in [0.05, 0.1) is 24.3 Å². The van der Waals surface area contributed by atoms with E-state index in [0.29, 0.717) is 5.56 Å². The van der Waals surface area contributed by atoms with Crippen LogP contribution < -0.4 is 4.74 Å². The van der Waals surface area contributed by atoms with E-state index in [2.05, 4.69) is 37.3 Å². The average molecular weight is 350 g/mol. The van der Waals surface area contributed by atoms with Crippen molar-refractivity contribution in [3.05, 3.63) is 84.1 Å². The normalized spacial score (nSPS) is 10.6. The summed E-state index contributed by atoms with van der Waals surface area (Å²) in [4.78, 5) is 4.76. The number of hydrogen-bond acceptors (Lipinski definition) is 3. The second kappa shape index (κ2) is 6.93. The van der Waals surface area contributed by atoms with Gasteiger partial charge in [0.1, 0.15) is 5.75 Å². The minimum absolute atomic E-state index is 0.645. The fraction of sp³-hybridized carbons (Fsp3) is 0.0833. The van der Waals surface area contributed by atoms with E-state index in [1.165, 1.54) is 5.56 Å². The largest absolute Gasteiger partial charge is 0.495 e. The molecular formula is C24H18N2O. The molecule has 3 aromatic carbocycles. The maximum absolute atomic E-state index is 9.02. The van der Waals surface area contributed by atoms with Crippen LogP contribution in [0.5, 0.6) is 5.75 Å². The van der Waals surface area contributed by atoms with E-state index in [1.807, 2.05) is 48.7 Å². The Kier molecular flexibility index (Phi) is 4.32. The summed E-state index contributed by atoms with van der Waals surface area (Å²) in [6, 6.07) is 24.2. The van der Waals surface area contributed by atoms with Gasteiger partial charge in [-0.25, -0.2) is 0 Å². The lowest BCUT2D eigenvalue weighted by Crippen LogP contribution is -1.94. The number of pyridine rings is 1. The molecule has 0 amide bonds. The SMILES string of the molecule is COc1c(-c2ccc(C)cc2)cnc2c(-c3ccc(C#N)cc3)cccc12. The highest BCUT2D eigenvalue weighted by Crippen LogP contribution is 2.38. The monoisotopic (exact) mass is 350 g/mol. The summed E-state index contributed by atoms with van der Waals surface area (Å²) in [5, 5.41) is 9.99. The molecule has 0 fully saturated rings. The molecule has 130 valence electrons. The van der Waals surface area contributed by atoms with Crippen LogP contribution in [-0.2, 0) is 0 Å². The third kappa shape index (κ3) is 3.02. The summed E-state index contributed by atoms with van der Waals surface area (Å²) in [6.07, 6.45) is 1.87. The lowest BCUT2D eigenvalue weighted by atomic mass is 9.98. The molecule has 0 saturated carbocycles. The van der Waals surface area contributed by atoms with Crippen molar-refractivity contribution in [2.75, 3.05) is 7.11 Å². The van der Waals surface area contributed by atoms with Crippen LogP contribution in [0.3, 0.4) is 0 Å². The van der Waals surface area contributed by atoms with Crippen molar-refractivity contribution < 1.29 is 4.74 Å². The molecule has 1 heterocycles. The first-order valence-corrected chi connectivity index (χ1v) is 8.74.